The Morgan fingerprint density at radius 2 is 1.96 bits per heavy atom. The second-order valence-corrected chi connectivity index (χ2v) is 8.08. The van der Waals surface area contributed by atoms with Crippen LogP contribution >= 0.6 is 0 Å². The summed E-state index contributed by atoms with van der Waals surface area (Å²) >= 11 is 0. The zero-order valence-electron chi connectivity index (χ0n) is 14.4. The van der Waals surface area contributed by atoms with E-state index in [1.54, 1.807) is 0 Å². The van der Waals surface area contributed by atoms with E-state index in [1.807, 2.05) is 7.11 Å². The van der Waals surface area contributed by atoms with Gasteiger partial charge in [0.15, 0.2) is 0 Å². The largest absolute Gasteiger partial charge is 0.496 e. The van der Waals surface area contributed by atoms with Gasteiger partial charge in [-0.05, 0) is 50.3 Å². The minimum Gasteiger partial charge on any atom is -0.496 e. The molecule has 0 bridgehead atoms. The second-order valence-electron chi connectivity index (χ2n) is 8.08. The van der Waals surface area contributed by atoms with Crippen LogP contribution in [0.1, 0.15) is 44.1 Å². The van der Waals surface area contributed by atoms with Gasteiger partial charge in [-0.15, -0.1) is 0 Å². The number of hydrogen-bond donors (Lipinski definition) is 1. The number of ether oxygens (including phenoxy) is 1. The number of methoxy groups -OCH3 is 1. The van der Waals surface area contributed by atoms with Gasteiger partial charge in [-0.25, -0.2) is 0 Å². The van der Waals surface area contributed by atoms with E-state index in [0.717, 1.165) is 5.75 Å². The molecule has 2 saturated heterocycles. The lowest BCUT2D eigenvalue weighted by Crippen LogP contribution is -2.40. The molecule has 1 aromatic rings. The highest BCUT2D eigenvalue weighted by molar-refractivity contribution is 5.41. The van der Waals surface area contributed by atoms with Gasteiger partial charge in [0.1, 0.15) is 5.75 Å². The molecule has 1 atom stereocenters. The molecular weight excluding hydrogens is 284 g/mol. The van der Waals surface area contributed by atoms with Gasteiger partial charge in [0.2, 0.25) is 0 Å². The third kappa shape index (κ3) is 2.78. The summed E-state index contributed by atoms with van der Waals surface area (Å²) in [6, 6.07) is 8.74. The first kappa shape index (κ1) is 15.5. The Labute approximate surface area is 140 Å². The quantitative estimate of drug-likeness (QED) is 0.924. The minimum absolute atomic E-state index is 0.310. The smallest absolute Gasteiger partial charge is 0.122 e. The standard InChI is InChI=1S/C20H30N2O/c1-23-18-7-3-2-6-17(18)20(8-4-5-9-20)16-22-13-11-19(15-22)10-12-21-14-19/h2-3,6-7,21H,4-5,8-16H2,1H3. The molecule has 2 aliphatic heterocycles. The second kappa shape index (κ2) is 6.10. The van der Waals surface area contributed by atoms with E-state index in [4.69, 9.17) is 4.74 Å². The van der Waals surface area contributed by atoms with Crippen molar-refractivity contribution in [1.29, 1.82) is 0 Å². The Hall–Kier alpha value is -1.06. The Morgan fingerprint density at radius 3 is 2.70 bits per heavy atom. The molecule has 1 aromatic carbocycles. The van der Waals surface area contributed by atoms with Crippen molar-refractivity contribution in [3.63, 3.8) is 0 Å². The molecule has 0 radical (unpaired) electrons. The first-order valence-corrected chi connectivity index (χ1v) is 9.32. The van der Waals surface area contributed by atoms with E-state index in [-0.39, 0.29) is 0 Å². The van der Waals surface area contributed by atoms with E-state index in [1.165, 1.54) is 76.8 Å². The molecule has 1 saturated carbocycles. The van der Waals surface area contributed by atoms with Crippen LogP contribution in [0.25, 0.3) is 0 Å². The van der Waals surface area contributed by atoms with Crippen molar-refractivity contribution in [2.24, 2.45) is 5.41 Å². The van der Waals surface area contributed by atoms with Crippen LogP contribution in [0.2, 0.25) is 0 Å². The van der Waals surface area contributed by atoms with Gasteiger partial charge in [-0.1, -0.05) is 31.0 Å². The van der Waals surface area contributed by atoms with Crippen LogP contribution in [0.3, 0.4) is 0 Å². The van der Waals surface area contributed by atoms with Crippen molar-refractivity contribution in [3.05, 3.63) is 29.8 Å². The van der Waals surface area contributed by atoms with Crippen LogP contribution in [0.15, 0.2) is 24.3 Å². The number of hydrogen-bond acceptors (Lipinski definition) is 3. The highest BCUT2D eigenvalue weighted by Crippen LogP contribution is 2.47. The highest BCUT2D eigenvalue weighted by atomic mass is 16.5. The summed E-state index contributed by atoms with van der Waals surface area (Å²) in [4.78, 5) is 2.75. The van der Waals surface area contributed by atoms with Gasteiger partial charge in [-0.3, -0.25) is 0 Å². The predicted molar refractivity (Wildman–Crippen MR) is 94.1 cm³/mol. The maximum Gasteiger partial charge on any atom is 0.122 e. The zero-order chi connectivity index (χ0) is 15.8. The summed E-state index contributed by atoms with van der Waals surface area (Å²) in [6.07, 6.45) is 8.09. The first-order valence-electron chi connectivity index (χ1n) is 9.32. The van der Waals surface area contributed by atoms with Crippen molar-refractivity contribution in [1.82, 2.24) is 10.2 Å². The lowest BCUT2D eigenvalue weighted by molar-refractivity contribution is 0.214. The fourth-order valence-electron chi connectivity index (χ4n) is 5.38. The molecule has 4 rings (SSSR count). The average Bonchev–Trinajstić information content (AvgIpc) is 3.32. The van der Waals surface area contributed by atoms with Crippen LogP contribution < -0.4 is 10.1 Å². The van der Waals surface area contributed by atoms with E-state index in [2.05, 4.69) is 34.5 Å². The molecule has 2 heterocycles. The monoisotopic (exact) mass is 314 g/mol. The van der Waals surface area contributed by atoms with E-state index < -0.39 is 0 Å². The van der Waals surface area contributed by atoms with Crippen molar-refractivity contribution < 1.29 is 4.74 Å². The van der Waals surface area contributed by atoms with Crippen molar-refractivity contribution >= 4 is 0 Å². The van der Waals surface area contributed by atoms with Gasteiger partial charge < -0.3 is 15.0 Å². The lowest BCUT2D eigenvalue weighted by atomic mass is 9.77. The summed E-state index contributed by atoms with van der Waals surface area (Å²) < 4.78 is 5.71. The Morgan fingerprint density at radius 1 is 1.13 bits per heavy atom. The summed E-state index contributed by atoms with van der Waals surface area (Å²) in [6.45, 7) is 6.22. The molecule has 1 spiro atoms. The molecule has 126 valence electrons. The summed E-state index contributed by atoms with van der Waals surface area (Å²) in [5.74, 6) is 1.09. The van der Waals surface area contributed by atoms with Crippen molar-refractivity contribution in [2.75, 3.05) is 39.8 Å². The number of rotatable bonds is 4. The number of nitrogens with zero attached hydrogens (tertiary/aromatic N) is 1. The van der Waals surface area contributed by atoms with Gasteiger partial charge in [0.25, 0.3) is 0 Å². The van der Waals surface area contributed by atoms with Crippen molar-refractivity contribution in [3.8, 4) is 5.75 Å². The van der Waals surface area contributed by atoms with Gasteiger partial charge in [0.05, 0.1) is 7.11 Å². The van der Waals surface area contributed by atoms with E-state index in [9.17, 15) is 0 Å². The Balaban J connectivity index is 1.56. The van der Waals surface area contributed by atoms with Crippen LogP contribution in [0.4, 0.5) is 0 Å². The third-order valence-electron chi connectivity index (χ3n) is 6.61. The summed E-state index contributed by atoms with van der Waals surface area (Å²) in [7, 11) is 1.82. The third-order valence-corrected chi connectivity index (χ3v) is 6.61. The van der Waals surface area contributed by atoms with Gasteiger partial charge in [-0.2, -0.15) is 0 Å². The van der Waals surface area contributed by atoms with Gasteiger partial charge >= 0.3 is 0 Å². The molecule has 0 aromatic heterocycles. The number of nitrogens with one attached hydrogen (secondary N) is 1. The molecule has 1 aliphatic carbocycles. The maximum absolute atomic E-state index is 5.71. The van der Waals surface area contributed by atoms with Gasteiger partial charge in [0, 0.05) is 30.6 Å². The number of para-hydroxylation sites is 1. The fraction of sp³-hybridized carbons (Fsp3) is 0.700. The normalized spacial score (nSPS) is 30.3. The molecule has 3 heteroatoms. The maximum atomic E-state index is 5.71. The topological polar surface area (TPSA) is 24.5 Å². The molecule has 3 aliphatic rings. The number of likely N-dealkylation sites (tertiary alicyclic amines) is 1. The van der Waals surface area contributed by atoms with Crippen LogP contribution in [-0.2, 0) is 5.41 Å². The summed E-state index contributed by atoms with van der Waals surface area (Å²) in [5, 5.41) is 3.58. The highest BCUT2D eigenvalue weighted by Gasteiger charge is 2.45. The molecule has 1 unspecified atom stereocenters. The molecule has 1 N–H and O–H groups in total. The molecule has 3 nitrogen and oxygen atoms in total. The minimum atomic E-state index is 0.310. The van der Waals surface area contributed by atoms with Crippen LogP contribution in [0, 0.1) is 5.41 Å². The van der Waals surface area contributed by atoms with Crippen LogP contribution in [-0.4, -0.2) is 44.7 Å². The SMILES string of the molecule is COc1ccccc1C1(CN2CCC3(CCNC3)C2)CCCC1. The molecule has 3 fully saturated rings. The molecule has 23 heavy (non-hydrogen) atoms. The average molecular weight is 314 g/mol. The number of benzene rings is 1. The first-order chi connectivity index (χ1) is 11.3. The fourth-order valence-corrected chi connectivity index (χ4v) is 5.38. The Bertz CT molecular complexity index is 544. The van der Waals surface area contributed by atoms with E-state index >= 15 is 0 Å². The van der Waals surface area contributed by atoms with E-state index in [0.29, 0.717) is 10.8 Å². The summed E-state index contributed by atoms with van der Waals surface area (Å²) in [5.41, 5.74) is 2.33. The predicted octanol–water partition coefficient (Wildman–Crippen LogP) is 3.19. The lowest BCUT2D eigenvalue weighted by Gasteiger charge is -2.36. The zero-order valence-corrected chi connectivity index (χ0v) is 14.4. The van der Waals surface area contributed by atoms with Crippen molar-refractivity contribution in [2.45, 2.75) is 43.9 Å². The van der Waals surface area contributed by atoms with Crippen LogP contribution in [0.5, 0.6) is 5.75 Å². The molecular formula is C20H30N2O. The Kier molecular flexibility index (Phi) is 4.10. The molecule has 0 amide bonds.